The predicted molar refractivity (Wildman–Crippen MR) is 70.9 cm³/mol. The standard InChI is InChI=1S/C16H17FO/c1-12-7-3-4-8-13(12)11-16(2,18)14-9-5-6-10-15(14)17/h3-10,18H,11H2,1-2H3. The van der Waals surface area contributed by atoms with Crippen molar-refractivity contribution in [1.82, 2.24) is 0 Å². The van der Waals surface area contributed by atoms with E-state index >= 15 is 0 Å². The molecule has 2 aromatic carbocycles. The zero-order valence-electron chi connectivity index (χ0n) is 10.7. The lowest BCUT2D eigenvalue weighted by Gasteiger charge is -2.25. The van der Waals surface area contributed by atoms with E-state index in [1.807, 2.05) is 31.2 Å². The molecule has 0 radical (unpaired) electrons. The van der Waals surface area contributed by atoms with Crippen LogP contribution in [0.25, 0.3) is 0 Å². The van der Waals surface area contributed by atoms with Crippen LogP contribution in [0.2, 0.25) is 0 Å². The van der Waals surface area contributed by atoms with Crippen LogP contribution in [0.1, 0.15) is 23.6 Å². The summed E-state index contributed by atoms with van der Waals surface area (Å²) < 4.78 is 13.7. The molecule has 0 saturated heterocycles. The Kier molecular flexibility index (Phi) is 3.48. The van der Waals surface area contributed by atoms with Crippen molar-refractivity contribution < 1.29 is 9.50 Å². The Bertz CT molecular complexity index is 546. The Labute approximate surface area is 107 Å². The van der Waals surface area contributed by atoms with Crippen LogP contribution in [-0.4, -0.2) is 5.11 Å². The second-order valence-electron chi connectivity index (χ2n) is 4.86. The van der Waals surface area contributed by atoms with Crippen molar-refractivity contribution in [2.75, 3.05) is 0 Å². The van der Waals surface area contributed by atoms with E-state index in [2.05, 4.69) is 0 Å². The average Bonchev–Trinajstić information content (AvgIpc) is 2.32. The summed E-state index contributed by atoms with van der Waals surface area (Å²) in [5.41, 5.74) is 1.28. The van der Waals surface area contributed by atoms with E-state index in [0.717, 1.165) is 11.1 Å². The molecule has 18 heavy (non-hydrogen) atoms. The average molecular weight is 244 g/mol. The minimum absolute atomic E-state index is 0.341. The Hall–Kier alpha value is -1.67. The third-order valence-corrected chi connectivity index (χ3v) is 3.25. The van der Waals surface area contributed by atoms with Gasteiger partial charge in [-0.2, -0.15) is 0 Å². The lowest BCUT2D eigenvalue weighted by atomic mass is 9.87. The summed E-state index contributed by atoms with van der Waals surface area (Å²) in [6.45, 7) is 3.64. The Balaban J connectivity index is 2.33. The minimum Gasteiger partial charge on any atom is -0.385 e. The number of rotatable bonds is 3. The van der Waals surface area contributed by atoms with Gasteiger partial charge in [0.2, 0.25) is 0 Å². The van der Waals surface area contributed by atoms with E-state index in [-0.39, 0.29) is 5.82 Å². The Morgan fingerprint density at radius 2 is 1.67 bits per heavy atom. The number of aliphatic hydroxyl groups is 1. The van der Waals surface area contributed by atoms with Gasteiger partial charge in [0.05, 0.1) is 5.60 Å². The highest BCUT2D eigenvalue weighted by molar-refractivity contribution is 5.31. The van der Waals surface area contributed by atoms with Crippen molar-refractivity contribution in [1.29, 1.82) is 0 Å². The highest BCUT2D eigenvalue weighted by Crippen LogP contribution is 2.28. The van der Waals surface area contributed by atoms with Crippen molar-refractivity contribution in [2.24, 2.45) is 0 Å². The van der Waals surface area contributed by atoms with E-state index in [0.29, 0.717) is 12.0 Å². The first-order chi connectivity index (χ1) is 8.50. The molecule has 94 valence electrons. The molecule has 0 aliphatic rings. The molecule has 0 saturated carbocycles. The van der Waals surface area contributed by atoms with Crippen LogP contribution in [0.15, 0.2) is 48.5 Å². The third-order valence-electron chi connectivity index (χ3n) is 3.25. The maximum absolute atomic E-state index is 13.7. The van der Waals surface area contributed by atoms with Gasteiger partial charge in [0.1, 0.15) is 5.82 Å². The zero-order valence-corrected chi connectivity index (χ0v) is 10.7. The predicted octanol–water partition coefficient (Wildman–Crippen LogP) is 3.58. The summed E-state index contributed by atoms with van der Waals surface area (Å²) >= 11 is 0. The number of benzene rings is 2. The molecule has 0 fully saturated rings. The monoisotopic (exact) mass is 244 g/mol. The second kappa shape index (κ2) is 4.91. The van der Waals surface area contributed by atoms with Crippen LogP contribution in [0, 0.1) is 12.7 Å². The fourth-order valence-corrected chi connectivity index (χ4v) is 2.17. The number of halogens is 1. The second-order valence-corrected chi connectivity index (χ2v) is 4.86. The number of hydrogen-bond donors (Lipinski definition) is 1. The molecule has 0 aliphatic carbocycles. The molecule has 0 bridgehead atoms. The first-order valence-corrected chi connectivity index (χ1v) is 6.02. The first kappa shape index (κ1) is 12.8. The van der Waals surface area contributed by atoms with Crippen molar-refractivity contribution in [3.8, 4) is 0 Å². The summed E-state index contributed by atoms with van der Waals surface area (Å²) in [5.74, 6) is -0.365. The van der Waals surface area contributed by atoms with E-state index in [9.17, 15) is 9.50 Å². The van der Waals surface area contributed by atoms with Crippen LogP contribution in [-0.2, 0) is 12.0 Å². The molecule has 0 amide bonds. The first-order valence-electron chi connectivity index (χ1n) is 6.02. The Morgan fingerprint density at radius 3 is 2.33 bits per heavy atom. The van der Waals surface area contributed by atoms with Gasteiger partial charge >= 0.3 is 0 Å². The maximum Gasteiger partial charge on any atom is 0.129 e. The Morgan fingerprint density at radius 1 is 1.06 bits per heavy atom. The fourth-order valence-electron chi connectivity index (χ4n) is 2.17. The van der Waals surface area contributed by atoms with Crippen molar-refractivity contribution in [3.05, 3.63) is 71.0 Å². The third kappa shape index (κ3) is 2.59. The number of aryl methyl sites for hydroxylation is 1. The van der Waals surface area contributed by atoms with Crippen molar-refractivity contribution in [3.63, 3.8) is 0 Å². The largest absolute Gasteiger partial charge is 0.385 e. The summed E-state index contributed by atoms with van der Waals surface area (Å²) in [6.07, 6.45) is 0.403. The van der Waals surface area contributed by atoms with E-state index in [1.54, 1.807) is 25.1 Å². The molecule has 2 aromatic rings. The van der Waals surface area contributed by atoms with Crippen LogP contribution in [0.4, 0.5) is 4.39 Å². The van der Waals surface area contributed by atoms with E-state index in [1.165, 1.54) is 6.07 Å². The molecule has 0 heterocycles. The van der Waals surface area contributed by atoms with Gasteiger partial charge in [-0.25, -0.2) is 4.39 Å². The van der Waals surface area contributed by atoms with Gasteiger partial charge in [-0.15, -0.1) is 0 Å². The zero-order chi connectivity index (χ0) is 13.2. The van der Waals surface area contributed by atoms with Gasteiger partial charge in [-0.1, -0.05) is 42.5 Å². The molecule has 0 aliphatic heterocycles. The van der Waals surface area contributed by atoms with Gasteiger partial charge in [-0.05, 0) is 31.0 Å². The molecule has 1 unspecified atom stereocenters. The molecule has 2 heteroatoms. The molecule has 2 rings (SSSR count). The topological polar surface area (TPSA) is 20.2 Å². The quantitative estimate of drug-likeness (QED) is 0.875. The highest BCUT2D eigenvalue weighted by atomic mass is 19.1. The summed E-state index contributed by atoms with van der Waals surface area (Å²) in [5, 5.41) is 10.5. The molecule has 0 aromatic heterocycles. The molecular formula is C16H17FO. The molecule has 1 N–H and O–H groups in total. The van der Waals surface area contributed by atoms with Gasteiger partial charge in [0.15, 0.2) is 0 Å². The summed E-state index contributed by atoms with van der Waals surface area (Å²) in [4.78, 5) is 0. The summed E-state index contributed by atoms with van der Waals surface area (Å²) in [7, 11) is 0. The molecular weight excluding hydrogens is 227 g/mol. The minimum atomic E-state index is -1.20. The van der Waals surface area contributed by atoms with Gasteiger partial charge in [0, 0.05) is 12.0 Å². The van der Waals surface area contributed by atoms with Gasteiger partial charge in [-0.3, -0.25) is 0 Å². The molecule has 0 spiro atoms. The highest BCUT2D eigenvalue weighted by Gasteiger charge is 2.26. The van der Waals surface area contributed by atoms with Gasteiger partial charge < -0.3 is 5.11 Å². The van der Waals surface area contributed by atoms with Crippen molar-refractivity contribution >= 4 is 0 Å². The van der Waals surface area contributed by atoms with E-state index in [4.69, 9.17) is 0 Å². The SMILES string of the molecule is Cc1ccccc1CC(C)(O)c1ccccc1F. The van der Waals surface area contributed by atoms with E-state index < -0.39 is 5.60 Å². The lowest BCUT2D eigenvalue weighted by molar-refractivity contribution is 0.0536. The maximum atomic E-state index is 13.7. The van der Waals surface area contributed by atoms with Crippen LogP contribution in [0.3, 0.4) is 0 Å². The normalized spacial score (nSPS) is 14.2. The van der Waals surface area contributed by atoms with Crippen molar-refractivity contribution in [2.45, 2.75) is 25.9 Å². The fraction of sp³-hybridized carbons (Fsp3) is 0.250. The van der Waals surface area contributed by atoms with Crippen LogP contribution in [0.5, 0.6) is 0 Å². The number of hydrogen-bond acceptors (Lipinski definition) is 1. The lowest BCUT2D eigenvalue weighted by Crippen LogP contribution is -2.26. The summed E-state index contributed by atoms with van der Waals surface area (Å²) in [6, 6.07) is 14.2. The van der Waals surface area contributed by atoms with Gasteiger partial charge in [0.25, 0.3) is 0 Å². The van der Waals surface area contributed by atoms with Crippen LogP contribution >= 0.6 is 0 Å². The smallest absolute Gasteiger partial charge is 0.129 e. The molecule has 1 atom stereocenters. The molecule has 1 nitrogen and oxygen atoms in total. The van der Waals surface area contributed by atoms with Crippen LogP contribution < -0.4 is 0 Å².